The van der Waals surface area contributed by atoms with Crippen LogP contribution in [0.3, 0.4) is 0 Å². The molecule has 0 aromatic heterocycles. The van der Waals surface area contributed by atoms with E-state index in [4.69, 9.17) is 14.3 Å². The highest BCUT2D eigenvalue weighted by Gasteiger charge is 2.32. The van der Waals surface area contributed by atoms with Gasteiger partial charge in [0.25, 0.3) is 0 Å². The molecule has 0 aliphatic rings. The Hall–Kier alpha value is -4.47. The molecule has 0 N–H and O–H groups in total. The van der Waals surface area contributed by atoms with E-state index in [-0.39, 0.29) is 24.1 Å². The molecular formula is C33H33NO4. The molecule has 4 aromatic carbocycles. The molecule has 0 fully saturated rings. The monoisotopic (exact) mass is 507 g/mol. The van der Waals surface area contributed by atoms with E-state index in [1.165, 1.54) is 0 Å². The van der Waals surface area contributed by atoms with Crippen LogP contribution in [0, 0.1) is 5.92 Å². The first kappa shape index (κ1) is 28.1. The normalized spacial score (nSPS) is 11.2. The fraction of sp³-hybridized carbons (Fsp3) is 0.212. The number of carbonyl (C=O) groups is 1. The minimum Gasteiger partial charge on any atom is -0.461 e. The number of nitrogens with zero attached hydrogens (tertiary/aromatic N) is 1. The van der Waals surface area contributed by atoms with Crippen LogP contribution < -0.4 is 4.90 Å². The molecule has 0 saturated heterocycles. The van der Waals surface area contributed by atoms with E-state index >= 15 is 0 Å². The number of carbonyl (C=O) groups excluding carboxylic acids is 3. The van der Waals surface area contributed by atoms with Crippen LogP contribution in [-0.4, -0.2) is 24.3 Å². The number of ether oxygens (including phenoxy) is 1. The average Bonchev–Trinajstić information content (AvgIpc) is 2.93. The predicted molar refractivity (Wildman–Crippen MR) is 151 cm³/mol. The van der Waals surface area contributed by atoms with Crippen molar-refractivity contribution in [3.8, 4) is 22.3 Å². The summed E-state index contributed by atoms with van der Waals surface area (Å²) in [5.41, 5.74) is 6.52. The SMILES string of the molecule is CC(C)OC(=O)C(C(C)C)N(c1ccc(-c2ccccc2)cc1)c1ccc(-c2ccccc2)cc1.O=C=O. The molecule has 0 aliphatic carbocycles. The van der Waals surface area contributed by atoms with Crippen molar-refractivity contribution < 1.29 is 19.1 Å². The Labute approximate surface area is 224 Å². The van der Waals surface area contributed by atoms with Gasteiger partial charge in [0, 0.05) is 11.4 Å². The third-order valence-corrected chi connectivity index (χ3v) is 6.01. The molecule has 0 aliphatic heterocycles. The van der Waals surface area contributed by atoms with E-state index in [0.717, 1.165) is 33.6 Å². The molecular weight excluding hydrogens is 474 g/mol. The third-order valence-electron chi connectivity index (χ3n) is 6.01. The van der Waals surface area contributed by atoms with Gasteiger partial charge in [-0.05, 0) is 66.3 Å². The van der Waals surface area contributed by atoms with Gasteiger partial charge in [-0.2, -0.15) is 9.59 Å². The first-order chi connectivity index (χ1) is 18.3. The molecule has 4 aromatic rings. The van der Waals surface area contributed by atoms with Crippen molar-refractivity contribution >= 4 is 23.5 Å². The lowest BCUT2D eigenvalue weighted by Gasteiger charge is -2.35. The summed E-state index contributed by atoms with van der Waals surface area (Å²) < 4.78 is 5.70. The molecule has 0 amide bonds. The van der Waals surface area contributed by atoms with Crippen LogP contribution in [0.2, 0.25) is 0 Å². The van der Waals surface area contributed by atoms with Gasteiger partial charge in [-0.3, -0.25) is 0 Å². The molecule has 1 atom stereocenters. The first-order valence-corrected chi connectivity index (χ1v) is 12.7. The van der Waals surface area contributed by atoms with Gasteiger partial charge >= 0.3 is 12.1 Å². The van der Waals surface area contributed by atoms with Crippen molar-refractivity contribution in [3.05, 3.63) is 109 Å². The van der Waals surface area contributed by atoms with Crippen molar-refractivity contribution in [2.24, 2.45) is 5.92 Å². The summed E-state index contributed by atoms with van der Waals surface area (Å²) in [4.78, 5) is 31.7. The van der Waals surface area contributed by atoms with Crippen molar-refractivity contribution in [3.63, 3.8) is 0 Å². The number of anilines is 2. The quantitative estimate of drug-likeness (QED) is 0.230. The summed E-state index contributed by atoms with van der Waals surface area (Å²) >= 11 is 0. The second-order valence-corrected chi connectivity index (χ2v) is 9.45. The maximum Gasteiger partial charge on any atom is 0.373 e. The van der Waals surface area contributed by atoms with Crippen molar-refractivity contribution in [1.82, 2.24) is 0 Å². The van der Waals surface area contributed by atoms with Crippen molar-refractivity contribution in [2.75, 3.05) is 4.90 Å². The first-order valence-electron chi connectivity index (χ1n) is 12.7. The third kappa shape index (κ3) is 7.28. The fourth-order valence-corrected chi connectivity index (χ4v) is 4.34. The highest BCUT2D eigenvalue weighted by Crippen LogP contribution is 2.34. The number of hydrogen-bond acceptors (Lipinski definition) is 5. The Balaban J connectivity index is 0.00000127. The lowest BCUT2D eigenvalue weighted by atomic mass is 9.98. The Bertz CT molecular complexity index is 1230. The van der Waals surface area contributed by atoms with Gasteiger partial charge in [0.05, 0.1) is 6.10 Å². The van der Waals surface area contributed by atoms with Crippen LogP contribution in [0.4, 0.5) is 11.4 Å². The Morgan fingerprint density at radius 2 is 0.947 bits per heavy atom. The molecule has 0 radical (unpaired) electrons. The molecule has 5 heteroatoms. The van der Waals surface area contributed by atoms with Crippen LogP contribution >= 0.6 is 0 Å². The number of rotatable bonds is 8. The largest absolute Gasteiger partial charge is 0.461 e. The lowest BCUT2D eigenvalue weighted by Crippen LogP contribution is -2.44. The zero-order valence-electron chi connectivity index (χ0n) is 22.2. The van der Waals surface area contributed by atoms with Crippen LogP contribution in [-0.2, 0) is 19.1 Å². The molecule has 0 saturated carbocycles. The van der Waals surface area contributed by atoms with Crippen LogP contribution in [0.1, 0.15) is 27.7 Å². The second kappa shape index (κ2) is 13.7. The molecule has 4 rings (SSSR count). The summed E-state index contributed by atoms with van der Waals surface area (Å²) in [6.07, 6.45) is 0.0755. The Morgan fingerprint density at radius 3 is 1.26 bits per heavy atom. The highest BCUT2D eigenvalue weighted by molar-refractivity contribution is 5.85. The summed E-state index contributed by atoms with van der Waals surface area (Å²) in [6.45, 7) is 7.91. The zero-order chi connectivity index (χ0) is 27.5. The minimum atomic E-state index is -0.456. The second-order valence-electron chi connectivity index (χ2n) is 9.45. The maximum atomic E-state index is 13.3. The lowest BCUT2D eigenvalue weighted by molar-refractivity contribution is -0.191. The summed E-state index contributed by atoms with van der Waals surface area (Å²) in [6, 6.07) is 37.0. The van der Waals surface area contributed by atoms with E-state index < -0.39 is 6.04 Å². The summed E-state index contributed by atoms with van der Waals surface area (Å²) in [5, 5.41) is 0. The van der Waals surface area contributed by atoms with E-state index in [0.29, 0.717) is 0 Å². The van der Waals surface area contributed by atoms with Gasteiger partial charge in [0.1, 0.15) is 6.04 Å². The molecule has 1 unspecified atom stereocenters. The average molecular weight is 508 g/mol. The smallest absolute Gasteiger partial charge is 0.373 e. The number of esters is 1. The topological polar surface area (TPSA) is 63.7 Å². The van der Waals surface area contributed by atoms with Gasteiger partial charge in [0.15, 0.2) is 0 Å². The van der Waals surface area contributed by atoms with Crippen LogP contribution in [0.5, 0.6) is 0 Å². The maximum absolute atomic E-state index is 13.3. The van der Waals surface area contributed by atoms with Crippen LogP contribution in [0.15, 0.2) is 109 Å². The molecule has 194 valence electrons. The Kier molecular flexibility index (Phi) is 10.2. The molecule has 0 heterocycles. The summed E-state index contributed by atoms with van der Waals surface area (Å²) in [7, 11) is 0. The van der Waals surface area contributed by atoms with Crippen LogP contribution in [0.25, 0.3) is 22.3 Å². The van der Waals surface area contributed by atoms with Gasteiger partial charge < -0.3 is 9.64 Å². The summed E-state index contributed by atoms with van der Waals surface area (Å²) in [5.74, 6) is -0.168. The van der Waals surface area contributed by atoms with E-state index in [9.17, 15) is 4.79 Å². The number of hydrogen-bond donors (Lipinski definition) is 0. The van der Waals surface area contributed by atoms with Gasteiger partial charge in [0.2, 0.25) is 0 Å². The Morgan fingerprint density at radius 1 is 0.605 bits per heavy atom. The van der Waals surface area contributed by atoms with Gasteiger partial charge in [-0.25, -0.2) is 4.79 Å². The predicted octanol–water partition coefficient (Wildman–Crippen LogP) is 7.55. The number of benzene rings is 4. The molecule has 0 spiro atoms. The fourth-order valence-electron chi connectivity index (χ4n) is 4.34. The molecule has 38 heavy (non-hydrogen) atoms. The van der Waals surface area contributed by atoms with Gasteiger partial charge in [-0.15, -0.1) is 0 Å². The standard InChI is InChI=1S/C32H33NO2.CO2/c1-23(2)31(32(34)35-24(3)4)33(29-19-15-27(16-20-29)25-11-7-5-8-12-25)30-21-17-28(18-22-30)26-13-9-6-10-14-26;2-1-3/h5-24,31H,1-4H3;. The highest BCUT2D eigenvalue weighted by atomic mass is 16.5. The van der Waals surface area contributed by atoms with Crippen molar-refractivity contribution in [1.29, 1.82) is 0 Å². The van der Waals surface area contributed by atoms with Crippen molar-refractivity contribution in [2.45, 2.75) is 39.8 Å². The zero-order valence-corrected chi connectivity index (χ0v) is 22.2. The van der Waals surface area contributed by atoms with Gasteiger partial charge in [-0.1, -0.05) is 98.8 Å². The molecule has 5 nitrogen and oxygen atoms in total. The molecule has 0 bridgehead atoms. The van der Waals surface area contributed by atoms with E-state index in [1.54, 1.807) is 0 Å². The minimum absolute atomic E-state index is 0.0452. The van der Waals surface area contributed by atoms with E-state index in [1.807, 2.05) is 50.2 Å². The van der Waals surface area contributed by atoms with E-state index in [2.05, 4.69) is 91.5 Å².